The van der Waals surface area contributed by atoms with E-state index >= 15 is 0 Å². The first-order valence-electron chi connectivity index (χ1n) is 16.0. The van der Waals surface area contributed by atoms with E-state index in [0.717, 1.165) is 0 Å². The van der Waals surface area contributed by atoms with Crippen LogP contribution in [-0.2, 0) is 9.47 Å². The molecule has 0 aliphatic carbocycles. The highest BCUT2D eigenvalue weighted by Gasteiger charge is 2.44. The molecule has 3 aromatic carbocycles. The number of rotatable bonds is 14. The monoisotopic (exact) mass is 686 g/mol. The minimum Gasteiger partial charge on any atom is -0.493 e. The summed E-state index contributed by atoms with van der Waals surface area (Å²) >= 11 is 0. The molecule has 13 heteroatoms. The fraction of sp³-hybridized carbons (Fsp3) is 0.500. The van der Waals surface area contributed by atoms with Crippen molar-refractivity contribution in [1.29, 1.82) is 0 Å². The number of esters is 1. The number of ether oxygens (including phenoxy) is 8. The molecule has 1 aliphatic rings. The van der Waals surface area contributed by atoms with Gasteiger partial charge in [-0.1, -0.05) is 32.8 Å². The van der Waals surface area contributed by atoms with Gasteiger partial charge in [-0.2, -0.15) is 0 Å². The van der Waals surface area contributed by atoms with E-state index in [9.17, 15) is 24.9 Å². The van der Waals surface area contributed by atoms with E-state index < -0.39 is 42.5 Å². The molecule has 1 aliphatic heterocycles. The lowest BCUT2D eigenvalue weighted by atomic mass is 9.84. The summed E-state index contributed by atoms with van der Waals surface area (Å²) in [5, 5.41) is 32.6. The number of aliphatic hydroxyl groups excluding tert-OH is 3. The highest BCUT2D eigenvalue weighted by Crippen LogP contribution is 2.53. The summed E-state index contributed by atoms with van der Waals surface area (Å²) in [7, 11) is 8.42. The molecule has 1 fully saturated rings. The highest BCUT2D eigenvalue weighted by atomic mass is 16.7. The SMILES string of the molecule is CCC(CC)CC(=O)c1c(C(=O)OC)c(-c2ccc(OC)c(OC)c2)c2c(OC)c(OC)c(OC)cc2c1O[C@@H]1O[C@H](C)[C@@H](O)[C@H](O)[C@H]1O. The van der Waals surface area contributed by atoms with Gasteiger partial charge in [-0.05, 0) is 36.6 Å². The van der Waals surface area contributed by atoms with Gasteiger partial charge in [0.2, 0.25) is 12.0 Å². The van der Waals surface area contributed by atoms with Crippen molar-refractivity contribution in [2.45, 2.75) is 70.7 Å². The maximum atomic E-state index is 14.6. The van der Waals surface area contributed by atoms with Gasteiger partial charge < -0.3 is 53.2 Å². The number of methoxy groups -OCH3 is 6. The first kappa shape index (κ1) is 37.5. The van der Waals surface area contributed by atoms with Crippen LogP contribution in [0.25, 0.3) is 21.9 Å². The number of Topliss-reactive ketones (excluding diaryl/α,β-unsaturated/α-hetero) is 1. The van der Waals surface area contributed by atoms with Gasteiger partial charge in [-0.25, -0.2) is 4.79 Å². The Balaban J connectivity index is 2.29. The number of fused-ring (bicyclic) bond motifs is 1. The van der Waals surface area contributed by atoms with E-state index in [0.29, 0.717) is 29.9 Å². The number of hydrogen-bond donors (Lipinski definition) is 3. The highest BCUT2D eigenvalue weighted by molar-refractivity contribution is 6.21. The van der Waals surface area contributed by atoms with Crippen molar-refractivity contribution >= 4 is 22.5 Å². The van der Waals surface area contributed by atoms with Crippen LogP contribution in [0.2, 0.25) is 0 Å². The molecule has 5 atom stereocenters. The zero-order valence-corrected chi connectivity index (χ0v) is 29.3. The summed E-state index contributed by atoms with van der Waals surface area (Å²) in [4.78, 5) is 28.7. The summed E-state index contributed by atoms with van der Waals surface area (Å²) in [5.41, 5.74) is 0.361. The molecule has 0 radical (unpaired) electrons. The molecule has 49 heavy (non-hydrogen) atoms. The van der Waals surface area contributed by atoms with Crippen molar-refractivity contribution in [3.8, 4) is 45.6 Å². The van der Waals surface area contributed by atoms with Crippen LogP contribution in [0, 0.1) is 5.92 Å². The number of aliphatic hydroxyl groups is 3. The number of hydrogen-bond acceptors (Lipinski definition) is 13. The molecule has 1 saturated heterocycles. The maximum Gasteiger partial charge on any atom is 0.339 e. The van der Waals surface area contributed by atoms with Crippen LogP contribution in [0.1, 0.15) is 60.7 Å². The van der Waals surface area contributed by atoms with Crippen LogP contribution < -0.4 is 28.4 Å². The lowest BCUT2D eigenvalue weighted by Gasteiger charge is -2.39. The first-order chi connectivity index (χ1) is 23.5. The standard InChI is InChI=1S/C36H46O13/c1-10-18(11-2)14-21(37)27-28(35(41)47-9)25(19-12-13-22(42-4)23(15-19)43-5)26-20(16-24(44-6)33(45-7)34(26)46-8)32(27)49-36-31(40)30(39)29(38)17(3)48-36/h12-13,15-18,29-31,36,38-40H,10-11,14H2,1-9H3/t17-,29-,30+,31-,36+/m1/s1. The lowest BCUT2D eigenvalue weighted by Crippen LogP contribution is -2.58. The summed E-state index contributed by atoms with van der Waals surface area (Å²) < 4.78 is 45.9. The molecule has 4 rings (SSSR count). The number of carbonyl (C=O) groups excluding carboxylic acids is 2. The predicted octanol–water partition coefficient (Wildman–Crippen LogP) is 4.55. The Bertz CT molecular complexity index is 1670. The van der Waals surface area contributed by atoms with Crippen LogP contribution in [-0.4, -0.2) is 100 Å². The Morgan fingerprint density at radius 2 is 1.39 bits per heavy atom. The van der Waals surface area contributed by atoms with Crippen LogP contribution in [0.4, 0.5) is 0 Å². The topological polar surface area (TPSA) is 169 Å². The average Bonchev–Trinajstić information content (AvgIpc) is 3.12. The van der Waals surface area contributed by atoms with E-state index in [2.05, 4.69) is 0 Å². The van der Waals surface area contributed by atoms with E-state index in [1.165, 1.54) is 49.6 Å². The fourth-order valence-corrected chi connectivity index (χ4v) is 6.23. The van der Waals surface area contributed by atoms with E-state index in [1.807, 2.05) is 13.8 Å². The van der Waals surface area contributed by atoms with E-state index in [-0.39, 0.29) is 62.8 Å². The molecule has 0 spiro atoms. The molecule has 0 bridgehead atoms. The zero-order valence-electron chi connectivity index (χ0n) is 29.3. The second kappa shape index (κ2) is 15.9. The minimum absolute atomic E-state index is 0.0421. The molecule has 13 nitrogen and oxygen atoms in total. The second-order valence-electron chi connectivity index (χ2n) is 11.7. The van der Waals surface area contributed by atoms with Gasteiger partial charge in [0.25, 0.3) is 0 Å². The molecule has 3 N–H and O–H groups in total. The van der Waals surface area contributed by atoms with Crippen LogP contribution in [0.15, 0.2) is 24.3 Å². The Morgan fingerprint density at radius 3 is 1.94 bits per heavy atom. The summed E-state index contributed by atoms with van der Waals surface area (Å²) in [6.07, 6.45) is -5.91. The summed E-state index contributed by atoms with van der Waals surface area (Å²) in [6, 6.07) is 6.57. The Labute approximate surface area is 285 Å². The summed E-state index contributed by atoms with van der Waals surface area (Å²) in [5.74, 6) is -0.237. The van der Waals surface area contributed by atoms with Gasteiger partial charge >= 0.3 is 5.97 Å². The smallest absolute Gasteiger partial charge is 0.339 e. The quantitative estimate of drug-likeness (QED) is 0.160. The van der Waals surface area contributed by atoms with Crippen LogP contribution in [0.5, 0.6) is 34.5 Å². The molecule has 268 valence electrons. The van der Waals surface area contributed by atoms with Gasteiger partial charge in [0.15, 0.2) is 28.8 Å². The molecular formula is C36H46O13. The van der Waals surface area contributed by atoms with Crippen molar-refractivity contribution in [3.63, 3.8) is 0 Å². The molecule has 1 heterocycles. The van der Waals surface area contributed by atoms with Gasteiger partial charge in [0.05, 0.1) is 59.9 Å². The second-order valence-corrected chi connectivity index (χ2v) is 11.7. The average molecular weight is 687 g/mol. The Hall–Kier alpha value is -4.30. The van der Waals surface area contributed by atoms with Gasteiger partial charge in [-0.3, -0.25) is 4.79 Å². The molecule has 0 saturated carbocycles. The fourth-order valence-electron chi connectivity index (χ4n) is 6.23. The van der Waals surface area contributed by atoms with E-state index in [1.54, 1.807) is 24.3 Å². The normalized spacial score (nSPS) is 20.6. The van der Waals surface area contributed by atoms with Crippen molar-refractivity contribution in [3.05, 3.63) is 35.4 Å². The third-order valence-corrected chi connectivity index (χ3v) is 9.06. The van der Waals surface area contributed by atoms with Crippen molar-refractivity contribution in [1.82, 2.24) is 0 Å². The summed E-state index contributed by atoms with van der Waals surface area (Å²) in [6.45, 7) is 5.44. The Morgan fingerprint density at radius 1 is 0.755 bits per heavy atom. The molecular weight excluding hydrogens is 640 g/mol. The van der Waals surface area contributed by atoms with Gasteiger partial charge in [0.1, 0.15) is 24.1 Å². The van der Waals surface area contributed by atoms with Crippen LogP contribution in [0.3, 0.4) is 0 Å². The lowest BCUT2D eigenvalue weighted by molar-refractivity contribution is -0.267. The minimum atomic E-state index is -1.74. The van der Waals surface area contributed by atoms with Gasteiger partial charge in [-0.15, -0.1) is 0 Å². The van der Waals surface area contributed by atoms with Crippen LogP contribution >= 0.6 is 0 Å². The van der Waals surface area contributed by atoms with Crippen molar-refractivity contribution in [2.24, 2.45) is 5.92 Å². The number of benzene rings is 3. The zero-order chi connectivity index (χ0) is 36.2. The third kappa shape index (κ3) is 6.93. The largest absolute Gasteiger partial charge is 0.493 e. The first-order valence-corrected chi connectivity index (χ1v) is 16.0. The van der Waals surface area contributed by atoms with Crippen molar-refractivity contribution < 1.29 is 62.8 Å². The predicted molar refractivity (Wildman–Crippen MR) is 179 cm³/mol. The molecule has 0 amide bonds. The van der Waals surface area contributed by atoms with E-state index in [4.69, 9.17) is 37.9 Å². The molecule has 3 aromatic rings. The Kier molecular flexibility index (Phi) is 12.2. The number of carbonyl (C=O) groups is 2. The molecule has 0 unspecified atom stereocenters. The maximum absolute atomic E-state index is 14.6. The van der Waals surface area contributed by atoms with Gasteiger partial charge in [0, 0.05) is 22.8 Å². The number of ketones is 1. The molecule has 0 aromatic heterocycles. The third-order valence-electron chi connectivity index (χ3n) is 9.06. The van der Waals surface area contributed by atoms with Crippen molar-refractivity contribution in [2.75, 3.05) is 42.7 Å².